The monoisotopic (exact) mass is 275 g/mol. The Bertz CT molecular complexity index is 452. The van der Waals surface area contributed by atoms with Crippen molar-refractivity contribution in [2.45, 2.75) is 45.6 Å². The zero-order valence-corrected chi connectivity index (χ0v) is 12.4. The molecule has 1 aromatic carbocycles. The Kier molecular flexibility index (Phi) is 4.16. The summed E-state index contributed by atoms with van der Waals surface area (Å²) in [5, 5.41) is 3.62. The molecule has 3 nitrogen and oxygen atoms in total. The first-order valence-corrected chi connectivity index (χ1v) is 7.85. The van der Waals surface area contributed by atoms with Gasteiger partial charge in [-0.2, -0.15) is 0 Å². The molecule has 1 saturated carbocycles. The average Bonchev–Trinajstić information content (AvgIpc) is 2.74. The summed E-state index contributed by atoms with van der Waals surface area (Å²) in [5.41, 5.74) is 1.70. The maximum Gasteiger partial charge on any atom is 0.165 e. The molecule has 3 heteroatoms. The number of benzene rings is 1. The maximum atomic E-state index is 5.86. The smallest absolute Gasteiger partial charge is 0.165 e. The van der Waals surface area contributed by atoms with Gasteiger partial charge in [-0.05, 0) is 24.3 Å². The van der Waals surface area contributed by atoms with Crippen molar-refractivity contribution in [2.24, 2.45) is 5.41 Å². The topological polar surface area (TPSA) is 30.5 Å². The van der Waals surface area contributed by atoms with E-state index >= 15 is 0 Å². The van der Waals surface area contributed by atoms with Crippen LogP contribution in [0.4, 0.5) is 0 Å². The maximum absolute atomic E-state index is 5.86. The Morgan fingerprint density at radius 1 is 1.10 bits per heavy atom. The molecule has 3 rings (SSSR count). The largest absolute Gasteiger partial charge is 0.490 e. The fourth-order valence-electron chi connectivity index (χ4n) is 3.30. The van der Waals surface area contributed by atoms with Gasteiger partial charge in [0.1, 0.15) is 0 Å². The summed E-state index contributed by atoms with van der Waals surface area (Å²) >= 11 is 0. The predicted octanol–water partition coefficient (Wildman–Crippen LogP) is 3.52. The molecule has 1 heterocycles. The summed E-state index contributed by atoms with van der Waals surface area (Å²) < 4.78 is 11.6. The number of hydrogen-bond donors (Lipinski definition) is 1. The third-order valence-corrected chi connectivity index (χ3v) is 4.53. The summed E-state index contributed by atoms with van der Waals surface area (Å²) in [4.78, 5) is 0. The molecule has 1 aromatic rings. The van der Waals surface area contributed by atoms with E-state index in [0.717, 1.165) is 44.2 Å². The number of hydrogen-bond acceptors (Lipinski definition) is 3. The van der Waals surface area contributed by atoms with E-state index in [0.29, 0.717) is 5.41 Å². The molecule has 0 atom stereocenters. The molecule has 1 fully saturated rings. The van der Waals surface area contributed by atoms with Crippen molar-refractivity contribution in [3.8, 4) is 11.5 Å². The van der Waals surface area contributed by atoms with Gasteiger partial charge in [0.25, 0.3) is 0 Å². The molecule has 0 amide bonds. The lowest BCUT2D eigenvalue weighted by Crippen LogP contribution is -2.29. The van der Waals surface area contributed by atoms with E-state index in [4.69, 9.17) is 9.47 Å². The Labute approximate surface area is 121 Å². The van der Waals surface area contributed by atoms with Crippen molar-refractivity contribution in [2.75, 3.05) is 19.8 Å². The highest BCUT2D eigenvalue weighted by molar-refractivity contribution is 5.47. The van der Waals surface area contributed by atoms with E-state index in [1.807, 2.05) is 6.07 Å². The molecule has 110 valence electrons. The number of nitrogens with one attached hydrogen (secondary N) is 1. The summed E-state index contributed by atoms with van der Waals surface area (Å²) in [6, 6.07) is 6.20. The minimum atomic E-state index is 0.489. The fraction of sp³-hybridized carbons (Fsp3) is 0.647. The number of para-hydroxylation sites is 1. The lowest BCUT2D eigenvalue weighted by atomic mass is 9.89. The fourth-order valence-corrected chi connectivity index (χ4v) is 3.30. The van der Waals surface area contributed by atoms with Crippen molar-refractivity contribution in [1.29, 1.82) is 0 Å². The standard InChI is InChI=1S/C17H25NO2/c1-17(8-2-3-9-17)13-18-12-14-6-4-7-15-16(14)20-11-5-10-19-15/h4,6-7,18H,2-3,5,8-13H2,1H3. The lowest BCUT2D eigenvalue weighted by molar-refractivity contribution is 0.294. The molecule has 1 aliphatic carbocycles. The van der Waals surface area contributed by atoms with E-state index in [-0.39, 0.29) is 0 Å². The first-order valence-electron chi connectivity index (χ1n) is 7.85. The second-order valence-corrected chi connectivity index (χ2v) is 6.42. The first kappa shape index (κ1) is 13.7. The normalized spacial score (nSPS) is 20.6. The van der Waals surface area contributed by atoms with Crippen molar-refractivity contribution in [3.63, 3.8) is 0 Å². The van der Waals surface area contributed by atoms with Crippen LogP contribution >= 0.6 is 0 Å². The van der Waals surface area contributed by atoms with E-state index in [1.54, 1.807) is 0 Å². The van der Waals surface area contributed by atoms with Crippen molar-refractivity contribution in [3.05, 3.63) is 23.8 Å². The molecule has 2 aliphatic rings. The molecular formula is C17H25NO2. The predicted molar refractivity (Wildman–Crippen MR) is 80.3 cm³/mol. The average molecular weight is 275 g/mol. The molecular weight excluding hydrogens is 250 g/mol. The molecule has 0 spiro atoms. The number of fused-ring (bicyclic) bond motifs is 1. The number of ether oxygens (including phenoxy) is 2. The van der Waals surface area contributed by atoms with E-state index in [2.05, 4.69) is 24.4 Å². The van der Waals surface area contributed by atoms with Gasteiger partial charge in [0.15, 0.2) is 11.5 Å². The summed E-state index contributed by atoms with van der Waals surface area (Å²) in [5.74, 6) is 1.84. The molecule has 0 aromatic heterocycles. The Hall–Kier alpha value is -1.22. The quantitative estimate of drug-likeness (QED) is 0.912. The van der Waals surface area contributed by atoms with Gasteiger partial charge in [-0.25, -0.2) is 0 Å². The van der Waals surface area contributed by atoms with Crippen LogP contribution in [-0.2, 0) is 6.54 Å². The van der Waals surface area contributed by atoms with Crippen molar-refractivity contribution < 1.29 is 9.47 Å². The summed E-state index contributed by atoms with van der Waals surface area (Å²) in [6.45, 7) is 5.86. The van der Waals surface area contributed by atoms with Crippen LogP contribution in [0.15, 0.2) is 18.2 Å². The summed E-state index contributed by atoms with van der Waals surface area (Å²) in [7, 11) is 0. The van der Waals surface area contributed by atoms with Gasteiger partial charge < -0.3 is 14.8 Å². The van der Waals surface area contributed by atoms with Crippen LogP contribution in [0.1, 0.15) is 44.6 Å². The highest BCUT2D eigenvalue weighted by Gasteiger charge is 2.28. The van der Waals surface area contributed by atoms with Gasteiger partial charge in [-0.15, -0.1) is 0 Å². The molecule has 0 saturated heterocycles. The molecule has 1 N–H and O–H groups in total. The Morgan fingerprint density at radius 3 is 2.75 bits per heavy atom. The highest BCUT2D eigenvalue weighted by atomic mass is 16.5. The SMILES string of the molecule is CC1(CNCc2cccc3c2OCCCO3)CCCC1. The van der Waals surface area contributed by atoms with Crippen LogP contribution in [0.3, 0.4) is 0 Å². The molecule has 0 radical (unpaired) electrons. The third kappa shape index (κ3) is 3.09. The minimum absolute atomic E-state index is 0.489. The van der Waals surface area contributed by atoms with Gasteiger partial charge in [0.2, 0.25) is 0 Å². The van der Waals surface area contributed by atoms with Gasteiger partial charge in [-0.1, -0.05) is 31.9 Å². The van der Waals surface area contributed by atoms with Crippen molar-refractivity contribution >= 4 is 0 Å². The first-order chi connectivity index (χ1) is 9.77. The summed E-state index contributed by atoms with van der Waals surface area (Å²) in [6.07, 6.45) is 6.43. The van der Waals surface area contributed by atoms with Gasteiger partial charge in [-0.3, -0.25) is 0 Å². The second-order valence-electron chi connectivity index (χ2n) is 6.42. The van der Waals surface area contributed by atoms with Gasteiger partial charge in [0.05, 0.1) is 13.2 Å². The second kappa shape index (κ2) is 6.04. The third-order valence-electron chi connectivity index (χ3n) is 4.53. The van der Waals surface area contributed by atoms with Crippen LogP contribution in [0, 0.1) is 5.41 Å². The molecule has 0 bridgehead atoms. The van der Waals surface area contributed by atoms with Crippen molar-refractivity contribution in [1.82, 2.24) is 5.32 Å². The molecule has 20 heavy (non-hydrogen) atoms. The Balaban J connectivity index is 1.62. The highest BCUT2D eigenvalue weighted by Crippen LogP contribution is 2.37. The minimum Gasteiger partial charge on any atom is -0.490 e. The zero-order valence-electron chi connectivity index (χ0n) is 12.4. The molecule has 0 unspecified atom stereocenters. The molecule has 1 aliphatic heterocycles. The zero-order chi connectivity index (χ0) is 13.8. The van der Waals surface area contributed by atoms with Gasteiger partial charge >= 0.3 is 0 Å². The van der Waals surface area contributed by atoms with Crippen LogP contribution in [0.25, 0.3) is 0 Å². The van der Waals surface area contributed by atoms with E-state index in [1.165, 1.54) is 31.2 Å². The van der Waals surface area contributed by atoms with Crippen LogP contribution in [0.5, 0.6) is 11.5 Å². The van der Waals surface area contributed by atoms with Gasteiger partial charge in [0, 0.05) is 25.1 Å². The van der Waals surface area contributed by atoms with Crippen LogP contribution in [-0.4, -0.2) is 19.8 Å². The van der Waals surface area contributed by atoms with Crippen LogP contribution in [0.2, 0.25) is 0 Å². The van der Waals surface area contributed by atoms with E-state index < -0.39 is 0 Å². The number of rotatable bonds is 4. The van der Waals surface area contributed by atoms with E-state index in [9.17, 15) is 0 Å². The Morgan fingerprint density at radius 2 is 1.90 bits per heavy atom. The van der Waals surface area contributed by atoms with Crippen LogP contribution < -0.4 is 14.8 Å². The lowest BCUT2D eigenvalue weighted by Gasteiger charge is -2.24.